The molecule has 1 heterocycles. The molecule has 0 aromatic carbocycles. The molecule has 14 heavy (non-hydrogen) atoms. The van der Waals surface area contributed by atoms with E-state index in [2.05, 4.69) is 4.98 Å². The van der Waals surface area contributed by atoms with Gasteiger partial charge in [0.05, 0.1) is 14.2 Å². The van der Waals surface area contributed by atoms with Crippen molar-refractivity contribution in [2.75, 3.05) is 14.2 Å². The topological polar surface area (TPSA) is 31.4 Å². The van der Waals surface area contributed by atoms with Crippen LogP contribution in [0.3, 0.4) is 0 Å². The monoisotopic (exact) mass is 199 g/mol. The maximum atomic E-state index is 13.3. The second-order valence-electron chi connectivity index (χ2n) is 3.23. The Morgan fingerprint density at radius 3 is 2.21 bits per heavy atom. The largest absolute Gasteiger partial charge is 0.481 e. The number of halogens is 1. The predicted molar refractivity (Wildman–Crippen MR) is 51.4 cm³/mol. The van der Waals surface area contributed by atoms with Crippen LogP contribution in [0.4, 0.5) is 4.39 Å². The third-order valence-electron chi connectivity index (χ3n) is 1.95. The lowest BCUT2D eigenvalue weighted by Gasteiger charge is -2.12. The van der Waals surface area contributed by atoms with E-state index < -0.39 is 5.82 Å². The van der Waals surface area contributed by atoms with E-state index in [4.69, 9.17) is 9.47 Å². The Morgan fingerprint density at radius 2 is 1.79 bits per heavy atom. The van der Waals surface area contributed by atoms with Gasteiger partial charge in [-0.2, -0.15) is 4.98 Å². The second-order valence-corrected chi connectivity index (χ2v) is 3.23. The molecule has 1 rings (SSSR count). The van der Waals surface area contributed by atoms with Crippen LogP contribution in [0, 0.1) is 5.82 Å². The zero-order chi connectivity index (χ0) is 10.7. The third kappa shape index (κ3) is 1.95. The average Bonchev–Trinajstić information content (AvgIpc) is 2.17. The van der Waals surface area contributed by atoms with Gasteiger partial charge >= 0.3 is 0 Å². The fraction of sp³-hybridized carbons (Fsp3) is 0.500. The molecular formula is C10H14FNO2. The van der Waals surface area contributed by atoms with Crippen molar-refractivity contribution in [3.05, 3.63) is 17.4 Å². The van der Waals surface area contributed by atoms with Crippen molar-refractivity contribution in [3.63, 3.8) is 0 Å². The van der Waals surface area contributed by atoms with Gasteiger partial charge in [0.2, 0.25) is 5.88 Å². The molecule has 0 spiro atoms. The summed E-state index contributed by atoms with van der Waals surface area (Å²) in [5.74, 6) is 0.0827. The number of hydrogen-bond acceptors (Lipinski definition) is 3. The summed E-state index contributed by atoms with van der Waals surface area (Å²) in [6, 6.07) is 1.40. The summed E-state index contributed by atoms with van der Waals surface area (Å²) in [6.45, 7) is 3.90. The number of pyridine rings is 1. The predicted octanol–water partition coefficient (Wildman–Crippen LogP) is 2.36. The highest BCUT2D eigenvalue weighted by Crippen LogP contribution is 2.28. The van der Waals surface area contributed by atoms with Gasteiger partial charge in [-0.25, -0.2) is 4.39 Å². The van der Waals surface area contributed by atoms with Crippen LogP contribution in [0.1, 0.15) is 25.3 Å². The highest BCUT2D eigenvalue weighted by Gasteiger charge is 2.14. The van der Waals surface area contributed by atoms with Gasteiger partial charge in [0.25, 0.3) is 5.88 Å². The molecule has 0 aliphatic rings. The summed E-state index contributed by atoms with van der Waals surface area (Å²) in [7, 11) is 2.88. The van der Waals surface area contributed by atoms with Crippen LogP contribution in [0.5, 0.6) is 11.8 Å². The zero-order valence-electron chi connectivity index (χ0n) is 8.80. The van der Waals surface area contributed by atoms with Crippen LogP contribution in [-0.2, 0) is 0 Å². The highest BCUT2D eigenvalue weighted by atomic mass is 19.1. The second kappa shape index (κ2) is 4.26. The molecule has 0 amide bonds. The summed E-state index contributed by atoms with van der Waals surface area (Å²) in [6.07, 6.45) is 0. The van der Waals surface area contributed by atoms with Crippen LogP contribution in [0.15, 0.2) is 6.07 Å². The third-order valence-corrected chi connectivity index (χ3v) is 1.95. The van der Waals surface area contributed by atoms with Crippen molar-refractivity contribution in [3.8, 4) is 11.8 Å². The molecule has 0 unspecified atom stereocenters. The minimum absolute atomic E-state index is 0.0359. The molecule has 0 aliphatic carbocycles. The van der Waals surface area contributed by atoms with E-state index in [1.165, 1.54) is 20.3 Å². The van der Waals surface area contributed by atoms with Gasteiger partial charge in [-0.3, -0.25) is 0 Å². The lowest BCUT2D eigenvalue weighted by Crippen LogP contribution is -2.01. The summed E-state index contributed by atoms with van der Waals surface area (Å²) in [5, 5.41) is 0. The number of aromatic nitrogens is 1. The van der Waals surface area contributed by atoms with Crippen LogP contribution in [0.25, 0.3) is 0 Å². The summed E-state index contributed by atoms with van der Waals surface area (Å²) >= 11 is 0. The van der Waals surface area contributed by atoms with E-state index in [1.807, 2.05) is 13.8 Å². The molecule has 0 N–H and O–H groups in total. The van der Waals surface area contributed by atoms with Crippen molar-refractivity contribution >= 4 is 0 Å². The molecule has 0 aliphatic heterocycles. The van der Waals surface area contributed by atoms with Crippen molar-refractivity contribution in [2.24, 2.45) is 0 Å². The van der Waals surface area contributed by atoms with Crippen molar-refractivity contribution in [1.29, 1.82) is 0 Å². The van der Waals surface area contributed by atoms with Crippen LogP contribution < -0.4 is 9.47 Å². The first-order valence-corrected chi connectivity index (χ1v) is 4.38. The van der Waals surface area contributed by atoms with E-state index in [0.717, 1.165) is 5.56 Å². The standard InChI is InChI=1S/C10H14FNO2/c1-6(2)7-5-8(11)10(14-4)12-9(7)13-3/h5-6H,1-4H3. The van der Waals surface area contributed by atoms with Gasteiger partial charge in [0.15, 0.2) is 5.82 Å². The Balaban J connectivity index is 3.24. The van der Waals surface area contributed by atoms with Gasteiger partial charge in [-0.05, 0) is 12.0 Å². The minimum atomic E-state index is -0.461. The molecule has 3 nitrogen and oxygen atoms in total. The van der Waals surface area contributed by atoms with Crippen LogP contribution in [-0.4, -0.2) is 19.2 Å². The van der Waals surface area contributed by atoms with E-state index in [-0.39, 0.29) is 11.8 Å². The number of hydrogen-bond donors (Lipinski definition) is 0. The normalized spacial score (nSPS) is 10.4. The molecule has 0 radical (unpaired) electrons. The molecule has 0 bridgehead atoms. The molecule has 4 heteroatoms. The Bertz CT molecular complexity index is 326. The molecule has 0 fully saturated rings. The Labute approximate surface area is 82.9 Å². The van der Waals surface area contributed by atoms with Crippen LogP contribution in [0.2, 0.25) is 0 Å². The smallest absolute Gasteiger partial charge is 0.253 e. The summed E-state index contributed by atoms with van der Waals surface area (Å²) in [4.78, 5) is 3.91. The van der Waals surface area contributed by atoms with Gasteiger partial charge in [0, 0.05) is 5.56 Å². The zero-order valence-corrected chi connectivity index (χ0v) is 8.80. The Hall–Kier alpha value is -1.32. The molecule has 1 aromatic heterocycles. The molecule has 0 atom stereocenters. The first-order valence-electron chi connectivity index (χ1n) is 4.38. The Morgan fingerprint density at radius 1 is 1.21 bits per heavy atom. The molecule has 78 valence electrons. The van der Waals surface area contributed by atoms with Crippen LogP contribution >= 0.6 is 0 Å². The van der Waals surface area contributed by atoms with E-state index in [1.54, 1.807) is 0 Å². The quantitative estimate of drug-likeness (QED) is 0.748. The van der Waals surface area contributed by atoms with Crippen molar-refractivity contribution < 1.29 is 13.9 Å². The molecule has 0 saturated carbocycles. The maximum Gasteiger partial charge on any atom is 0.253 e. The fourth-order valence-electron chi connectivity index (χ4n) is 1.19. The number of nitrogens with zero attached hydrogens (tertiary/aromatic N) is 1. The lowest BCUT2D eigenvalue weighted by molar-refractivity contribution is 0.341. The summed E-state index contributed by atoms with van der Waals surface area (Å²) in [5.41, 5.74) is 0.741. The molecular weight excluding hydrogens is 185 g/mol. The van der Waals surface area contributed by atoms with E-state index in [9.17, 15) is 4.39 Å². The number of rotatable bonds is 3. The Kier molecular flexibility index (Phi) is 3.28. The molecule has 0 saturated heterocycles. The number of methoxy groups -OCH3 is 2. The minimum Gasteiger partial charge on any atom is -0.481 e. The van der Waals surface area contributed by atoms with Gasteiger partial charge in [-0.1, -0.05) is 13.8 Å². The first kappa shape index (κ1) is 10.8. The fourth-order valence-corrected chi connectivity index (χ4v) is 1.19. The maximum absolute atomic E-state index is 13.3. The van der Waals surface area contributed by atoms with Gasteiger partial charge < -0.3 is 9.47 Å². The van der Waals surface area contributed by atoms with E-state index >= 15 is 0 Å². The number of ether oxygens (including phenoxy) is 2. The van der Waals surface area contributed by atoms with Gasteiger partial charge in [-0.15, -0.1) is 0 Å². The first-order chi connectivity index (χ1) is 6.60. The molecule has 1 aromatic rings. The highest BCUT2D eigenvalue weighted by molar-refractivity contribution is 5.34. The SMILES string of the molecule is COc1nc(OC)c(C(C)C)cc1F. The van der Waals surface area contributed by atoms with Crippen molar-refractivity contribution in [1.82, 2.24) is 4.98 Å². The average molecular weight is 199 g/mol. The van der Waals surface area contributed by atoms with E-state index in [0.29, 0.717) is 5.88 Å². The van der Waals surface area contributed by atoms with Crippen molar-refractivity contribution in [2.45, 2.75) is 19.8 Å². The van der Waals surface area contributed by atoms with Gasteiger partial charge in [0.1, 0.15) is 0 Å². The lowest BCUT2D eigenvalue weighted by atomic mass is 10.1. The summed E-state index contributed by atoms with van der Waals surface area (Å²) < 4.78 is 23.1.